The van der Waals surface area contributed by atoms with E-state index in [9.17, 15) is 14.7 Å². The number of amides is 1. The number of aliphatic hydroxyl groups is 1. The second-order valence-corrected chi connectivity index (χ2v) is 7.63. The number of nitrogens with zero attached hydrogens (tertiary/aromatic N) is 2. The molecule has 1 saturated heterocycles. The number of ether oxygens (including phenoxy) is 1. The number of carbonyl (C=O) groups excluding carboxylic acids is 2. The summed E-state index contributed by atoms with van der Waals surface area (Å²) in [6, 6.07) is 9.36. The van der Waals surface area contributed by atoms with Gasteiger partial charge in [0.2, 0.25) is 5.91 Å². The monoisotopic (exact) mass is 412 g/mol. The minimum Gasteiger partial charge on any atom is -0.466 e. The summed E-state index contributed by atoms with van der Waals surface area (Å²) in [5, 5.41) is 19.3. The van der Waals surface area contributed by atoms with E-state index in [0.29, 0.717) is 38.0 Å². The summed E-state index contributed by atoms with van der Waals surface area (Å²) in [4.78, 5) is 25.4. The zero-order valence-electron chi connectivity index (χ0n) is 17.8. The molecular formula is C24H32N2O4. The maximum Gasteiger partial charge on any atom is 0.305 e. The predicted molar refractivity (Wildman–Crippen MR) is 114 cm³/mol. The molecule has 1 heterocycles. The van der Waals surface area contributed by atoms with Crippen LogP contribution in [-0.2, 0) is 20.7 Å². The van der Waals surface area contributed by atoms with Gasteiger partial charge in [-0.3, -0.25) is 9.59 Å². The number of esters is 1. The minimum atomic E-state index is -0.653. The van der Waals surface area contributed by atoms with Crippen LogP contribution >= 0.6 is 0 Å². The molecule has 30 heavy (non-hydrogen) atoms. The smallest absolute Gasteiger partial charge is 0.305 e. The minimum absolute atomic E-state index is 0.0251. The van der Waals surface area contributed by atoms with Gasteiger partial charge in [0.25, 0.3) is 0 Å². The van der Waals surface area contributed by atoms with Crippen molar-refractivity contribution in [3.8, 4) is 6.07 Å². The lowest BCUT2D eigenvalue weighted by molar-refractivity contribution is -0.143. The lowest BCUT2D eigenvalue weighted by atomic mass is 10.0. The van der Waals surface area contributed by atoms with Crippen molar-refractivity contribution in [3.05, 3.63) is 47.5 Å². The van der Waals surface area contributed by atoms with E-state index in [-0.39, 0.29) is 17.9 Å². The molecule has 6 heteroatoms. The average molecular weight is 413 g/mol. The summed E-state index contributed by atoms with van der Waals surface area (Å²) in [6.45, 7) is 2.93. The normalized spacial score (nSPS) is 17.3. The summed E-state index contributed by atoms with van der Waals surface area (Å²) in [6.07, 6.45) is 8.88. The maximum atomic E-state index is 12.2. The first-order chi connectivity index (χ1) is 14.5. The SMILES string of the molecule is CCOC(=O)CCCCCCN1C(=O)CC[C@@H]1C=C[C@@H](O)Cc1cccc(C#N)c1. The molecule has 1 N–H and O–H groups in total. The van der Waals surface area contributed by atoms with Gasteiger partial charge in [0.15, 0.2) is 0 Å². The molecule has 1 aliphatic rings. The van der Waals surface area contributed by atoms with Crippen LogP contribution in [0.5, 0.6) is 0 Å². The summed E-state index contributed by atoms with van der Waals surface area (Å²) in [5.41, 5.74) is 1.49. The Balaban J connectivity index is 1.74. The summed E-state index contributed by atoms with van der Waals surface area (Å²) >= 11 is 0. The van der Waals surface area contributed by atoms with Gasteiger partial charge in [-0.15, -0.1) is 0 Å². The Morgan fingerprint density at radius 2 is 2.17 bits per heavy atom. The van der Waals surface area contributed by atoms with E-state index in [1.807, 2.05) is 23.1 Å². The number of benzene rings is 1. The topological polar surface area (TPSA) is 90.6 Å². The van der Waals surface area contributed by atoms with Gasteiger partial charge in [-0.1, -0.05) is 37.1 Å². The predicted octanol–water partition coefficient (Wildman–Crippen LogP) is 3.52. The molecule has 1 fully saturated rings. The molecule has 0 aromatic heterocycles. The second-order valence-electron chi connectivity index (χ2n) is 7.63. The van der Waals surface area contributed by atoms with Crippen LogP contribution in [0.1, 0.15) is 63.0 Å². The Bertz CT molecular complexity index is 769. The molecule has 0 bridgehead atoms. The van der Waals surface area contributed by atoms with Crippen molar-refractivity contribution in [1.29, 1.82) is 5.26 Å². The second kappa shape index (κ2) is 12.8. The standard InChI is InChI=1S/C24H32N2O4/c1-2-30-24(29)10-5-3-4-6-15-26-21(12-14-23(26)28)11-13-22(27)17-19-8-7-9-20(16-19)18-25/h7-9,11,13,16,21-22,27H,2-6,10,12,14-15,17H2,1H3/t21-,22+/m0/s1. The fraction of sp³-hybridized carbons (Fsp3) is 0.542. The molecule has 6 nitrogen and oxygen atoms in total. The number of carbonyl (C=O) groups is 2. The van der Waals surface area contributed by atoms with Crippen molar-refractivity contribution in [2.75, 3.05) is 13.2 Å². The van der Waals surface area contributed by atoms with Gasteiger partial charge in [0.05, 0.1) is 30.4 Å². The largest absolute Gasteiger partial charge is 0.466 e. The molecule has 1 aliphatic heterocycles. The number of hydrogen-bond acceptors (Lipinski definition) is 5. The zero-order valence-corrected chi connectivity index (χ0v) is 17.8. The Morgan fingerprint density at radius 3 is 2.93 bits per heavy atom. The van der Waals surface area contributed by atoms with Crippen LogP contribution in [0.4, 0.5) is 0 Å². The van der Waals surface area contributed by atoms with Gasteiger partial charge < -0.3 is 14.7 Å². The fourth-order valence-electron chi connectivity index (χ4n) is 3.72. The molecule has 0 spiro atoms. The highest BCUT2D eigenvalue weighted by molar-refractivity contribution is 5.79. The van der Waals surface area contributed by atoms with E-state index in [1.165, 1.54) is 0 Å². The van der Waals surface area contributed by atoms with Gasteiger partial charge in [-0.05, 0) is 43.9 Å². The van der Waals surface area contributed by atoms with E-state index < -0.39 is 6.10 Å². The molecule has 0 radical (unpaired) electrons. The first-order valence-electron chi connectivity index (χ1n) is 10.8. The molecule has 0 unspecified atom stereocenters. The number of likely N-dealkylation sites (tertiary alicyclic amines) is 1. The Labute approximate surface area is 179 Å². The van der Waals surface area contributed by atoms with Gasteiger partial charge >= 0.3 is 5.97 Å². The van der Waals surface area contributed by atoms with Gasteiger partial charge in [0.1, 0.15) is 0 Å². The maximum absolute atomic E-state index is 12.2. The molecule has 2 rings (SSSR count). The third-order valence-electron chi connectivity index (χ3n) is 5.27. The number of nitriles is 1. The quantitative estimate of drug-likeness (QED) is 0.322. The van der Waals surface area contributed by atoms with Crippen LogP contribution < -0.4 is 0 Å². The Hall–Kier alpha value is -2.65. The van der Waals surface area contributed by atoms with Crippen molar-refractivity contribution in [2.45, 2.75) is 70.4 Å². The van der Waals surface area contributed by atoms with Crippen molar-refractivity contribution in [2.24, 2.45) is 0 Å². The highest BCUT2D eigenvalue weighted by atomic mass is 16.5. The molecule has 1 amide bonds. The molecule has 0 saturated carbocycles. The fourth-order valence-corrected chi connectivity index (χ4v) is 3.72. The Kier molecular flexibility index (Phi) is 10.1. The molecule has 1 aromatic carbocycles. The van der Waals surface area contributed by atoms with Crippen LogP contribution in [0.2, 0.25) is 0 Å². The number of hydrogen-bond donors (Lipinski definition) is 1. The van der Waals surface area contributed by atoms with Crippen LogP contribution in [0.15, 0.2) is 36.4 Å². The van der Waals surface area contributed by atoms with Gasteiger partial charge in [-0.2, -0.15) is 5.26 Å². The molecule has 162 valence electrons. The Morgan fingerprint density at radius 1 is 1.37 bits per heavy atom. The van der Waals surface area contributed by atoms with E-state index >= 15 is 0 Å². The van der Waals surface area contributed by atoms with Crippen molar-refractivity contribution >= 4 is 11.9 Å². The molecule has 1 aromatic rings. The number of rotatable bonds is 12. The van der Waals surface area contributed by atoms with E-state index in [0.717, 1.165) is 37.7 Å². The molecule has 2 atom stereocenters. The lowest BCUT2D eigenvalue weighted by Crippen LogP contribution is -2.32. The lowest BCUT2D eigenvalue weighted by Gasteiger charge is -2.22. The molecular weight excluding hydrogens is 380 g/mol. The molecule has 0 aliphatic carbocycles. The van der Waals surface area contributed by atoms with Crippen molar-refractivity contribution in [1.82, 2.24) is 4.90 Å². The first-order valence-corrected chi connectivity index (χ1v) is 10.8. The van der Waals surface area contributed by atoms with E-state index in [4.69, 9.17) is 10.00 Å². The van der Waals surface area contributed by atoms with E-state index in [1.54, 1.807) is 25.1 Å². The summed E-state index contributed by atoms with van der Waals surface area (Å²) in [5.74, 6) is 0.0164. The van der Waals surface area contributed by atoms with Gasteiger partial charge in [0, 0.05) is 25.8 Å². The zero-order chi connectivity index (χ0) is 21.8. The third-order valence-corrected chi connectivity index (χ3v) is 5.27. The average Bonchev–Trinajstić information content (AvgIpc) is 3.09. The number of aliphatic hydroxyl groups excluding tert-OH is 1. The third kappa shape index (κ3) is 8.00. The van der Waals surface area contributed by atoms with Crippen molar-refractivity contribution in [3.63, 3.8) is 0 Å². The first kappa shape index (κ1) is 23.6. The van der Waals surface area contributed by atoms with Crippen molar-refractivity contribution < 1.29 is 19.4 Å². The van der Waals surface area contributed by atoms with Crippen LogP contribution in [0, 0.1) is 11.3 Å². The van der Waals surface area contributed by atoms with Crippen LogP contribution in [0.3, 0.4) is 0 Å². The van der Waals surface area contributed by atoms with Crippen LogP contribution in [-0.4, -0.2) is 47.2 Å². The van der Waals surface area contributed by atoms with Gasteiger partial charge in [-0.25, -0.2) is 0 Å². The van der Waals surface area contributed by atoms with E-state index in [2.05, 4.69) is 6.07 Å². The number of unbranched alkanes of at least 4 members (excludes halogenated alkanes) is 3. The summed E-state index contributed by atoms with van der Waals surface area (Å²) in [7, 11) is 0. The summed E-state index contributed by atoms with van der Waals surface area (Å²) < 4.78 is 4.92. The highest BCUT2D eigenvalue weighted by Crippen LogP contribution is 2.21. The highest BCUT2D eigenvalue weighted by Gasteiger charge is 2.28. The van der Waals surface area contributed by atoms with Crippen LogP contribution in [0.25, 0.3) is 0 Å².